The molecule has 54 heavy (non-hydrogen) atoms. The van der Waals surface area contributed by atoms with Crippen LogP contribution in [0.5, 0.6) is 0 Å². The van der Waals surface area contributed by atoms with E-state index in [1.807, 2.05) is 77.6 Å². The molecule has 8 aromatic carbocycles. The summed E-state index contributed by atoms with van der Waals surface area (Å²) in [4.78, 5) is 15.1. The SMILES string of the molecule is c1ccc(-c2nc(-c3ccccc3)nc(-c3cccc(-n4c5ccc6c(cnn6-c6ccccc6)c5c5ccc6c7ccccc7ccc6c54)c3)n2)cc1. The Balaban J connectivity index is 1.19. The van der Waals surface area contributed by atoms with Crippen LogP contribution in [0.25, 0.3) is 99.8 Å². The topological polar surface area (TPSA) is 61.4 Å². The van der Waals surface area contributed by atoms with Crippen LogP contribution in [0.1, 0.15) is 0 Å². The maximum atomic E-state index is 5.06. The number of hydrogen-bond donors (Lipinski definition) is 0. The molecule has 0 radical (unpaired) electrons. The average Bonchev–Trinajstić information content (AvgIpc) is 3.84. The zero-order valence-electron chi connectivity index (χ0n) is 29.0. The second kappa shape index (κ2) is 12.1. The largest absolute Gasteiger partial charge is 0.309 e. The zero-order valence-corrected chi connectivity index (χ0v) is 29.0. The van der Waals surface area contributed by atoms with Crippen LogP contribution < -0.4 is 0 Å². The van der Waals surface area contributed by atoms with Gasteiger partial charge < -0.3 is 4.57 Å². The van der Waals surface area contributed by atoms with E-state index in [0.29, 0.717) is 17.5 Å². The molecule has 0 unspecified atom stereocenters. The molecule has 3 heterocycles. The van der Waals surface area contributed by atoms with Crippen LogP contribution in [0.4, 0.5) is 0 Å². The first-order valence-electron chi connectivity index (χ1n) is 18.1. The highest BCUT2D eigenvalue weighted by Gasteiger charge is 2.21. The molecule has 0 spiro atoms. The second-order valence-corrected chi connectivity index (χ2v) is 13.6. The van der Waals surface area contributed by atoms with E-state index in [0.717, 1.165) is 50.0 Å². The lowest BCUT2D eigenvalue weighted by atomic mass is 9.99. The van der Waals surface area contributed by atoms with Gasteiger partial charge in [-0.1, -0.05) is 140 Å². The molecule has 0 N–H and O–H groups in total. The molecule has 0 bridgehead atoms. The first kappa shape index (κ1) is 30.2. The van der Waals surface area contributed by atoms with Gasteiger partial charge in [0.2, 0.25) is 0 Å². The quantitative estimate of drug-likeness (QED) is 0.169. The molecular weight excluding hydrogens is 661 g/mol. The van der Waals surface area contributed by atoms with Crippen molar-refractivity contribution < 1.29 is 0 Å². The van der Waals surface area contributed by atoms with Gasteiger partial charge in [0.1, 0.15) is 0 Å². The van der Waals surface area contributed by atoms with Crippen molar-refractivity contribution in [3.63, 3.8) is 0 Å². The highest BCUT2D eigenvalue weighted by atomic mass is 15.3. The number of rotatable bonds is 5. The first-order valence-corrected chi connectivity index (χ1v) is 18.1. The predicted molar refractivity (Wildman–Crippen MR) is 220 cm³/mol. The summed E-state index contributed by atoms with van der Waals surface area (Å²) in [6.07, 6.45) is 2.01. The highest BCUT2D eigenvalue weighted by Crippen LogP contribution is 2.42. The summed E-state index contributed by atoms with van der Waals surface area (Å²) in [5.74, 6) is 1.89. The second-order valence-electron chi connectivity index (χ2n) is 13.6. The third kappa shape index (κ3) is 4.74. The van der Waals surface area contributed by atoms with Crippen molar-refractivity contribution >= 4 is 54.3 Å². The molecule has 11 rings (SSSR count). The highest BCUT2D eigenvalue weighted by molar-refractivity contribution is 6.27. The smallest absolute Gasteiger partial charge is 0.164 e. The average molecular weight is 691 g/mol. The molecule has 0 aliphatic heterocycles. The minimum absolute atomic E-state index is 0.618. The molecule has 0 aliphatic rings. The maximum absolute atomic E-state index is 5.06. The molecule has 0 aliphatic carbocycles. The van der Waals surface area contributed by atoms with Crippen molar-refractivity contribution in [2.75, 3.05) is 0 Å². The first-order chi connectivity index (χ1) is 26.8. The third-order valence-corrected chi connectivity index (χ3v) is 10.4. The molecule has 252 valence electrons. The van der Waals surface area contributed by atoms with E-state index in [1.165, 1.54) is 32.3 Å². The van der Waals surface area contributed by atoms with E-state index in [4.69, 9.17) is 20.1 Å². The predicted octanol–water partition coefficient (Wildman–Crippen LogP) is 11.6. The van der Waals surface area contributed by atoms with E-state index in [1.54, 1.807) is 0 Å². The Morgan fingerprint density at radius 3 is 1.69 bits per heavy atom. The Morgan fingerprint density at radius 2 is 0.944 bits per heavy atom. The zero-order chi connectivity index (χ0) is 35.6. The van der Waals surface area contributed by atoms with Gasteiger partial charge in [0.15, 0.2) is 17.5 Å². The van der Waals surface area contributed by atoms with Crippen LogP contribution in [-0.4, -0.2) is 29.3 Å². The summed E-state index contributed by atoms with van der Waals surface area (Å²) in [7, 11) is 0. The molecule has 0 saturated carbocycles. The summed E-state index contributed by atoms with van der Waals surface area (Å²) >= 11 is 0. The minimum atomic E-state index is 0.618. The standard InChI is InChI=1S/C48H30N6/c1-4-14-32(15-5-1)46-50-47(33-16-6-2-7-17-33)52-48(51-46)34-18-12-21-36(29-34)53-43-28-27-42-41(30-49-54(42)35-19-8-3-9-20-35)44(43)40-26-25-38-37-22-11-10-13-31(37)23-24-39(38)45(40)53/h1-30H. The van der Waals surface area contributed by atoms with Gasteiger partial charge in [0, 0.05) is 43.9 Å². The number of para-hydroxylation sites is 1. The van der Waals surface area contributed by atoms with Gasteiger partial charge in [-0.05, 0) is 52.6 Å². The Morgan fingerprint density at radius 1 is 0.370 bits per heavy atom. The molecule has 3 aromatic heterocycles. The summed E-state index contributed by atoms with van der Waals surface area (Å²) < 4.78 is 4.44. The molecular formula is C48H30N6. The number of fused-ring (bicyclic) bond motifs is 9. The molecule has 0 amide bonds. The van der Waals surface area contributed by atoms with Crippen molar-refractivity contribution in [1.82, 2.24) is 29.3 Å². The molecule has 0 atom stereocenters. The minimum Gasteiger partial charge on any atom is -0.309 e. The van der Waals surface area contributed by atoms with Crippen molar-refractivity contribution in [2.24, 2.45) is 0 Å². The molecule has 6 nitrogen and oxygen atoms in total. The summed E-state index contributed by atoms with van der Waals surface area (Å²) in [5.41, 5.74) is 8.15. The summed E-state index contributed by atoms with van der Waals surface area (Å²) in [5, 5.41) is 13.2. The summed E-state index contributed by atoms with van der Waals surface area (Å²) in [6, 6.07) is 61.2. The van der Waals surface area contributed by atoms with Crippen LogP contribution in [0.2, 0.25) is 0 Å². The Hall–Kier alpha value is -7.44. The Bertz CT molecular complexity index is 3140. The van der Waals surface area contributed by atoms with Gasteiger partial charge >= 0.3 is 0 Å². The number of aromatic nitrogens is 6. The van der Waals surface area contributed by atoms with Crippen LogP contribution in [-0.2, 0) is 0 Å². The van der Waals surface area contributed by atoms with Crippen LogP contribution in [0, 0.1) is 0 Å². The third-order valence-electron chi connectivity index (χ3n) is 10.4. The van der Waals surface area contributed by atoms with Crippen LogP contribution >= 0.6 is 0 Å². The van der Waals surface area contributed by atoms with E-state index < -0.39 is 0 Å². The van der Waals surface area contributed by atoms with E-state index in [2.05, 4.69) is 114 Å². The fourth-order valence-electron chi connectivity index (χ4n) is 7.96. The normalized spacial score (nSPS) is 11.7. The monoisotopic (exact) mass is 690 g/mol. The summed E-state index contributed by atoms with van der Waals surface area (Å²) in [6.45, 7) is 0. The van der Waals surface area contributed by atoms with E-state index in [-0.39, 0.29) is 0 Å². The van der Waals surface area contributed by atoms with Crippen molar-refractivity contribution in [3.8, 4) is 45.5 Å². The van der Waals surface area contributed by atoms with Crippen LogP contribution in [0.15, 0.2) is 182 Å². The number of benzene rings is 8. The lowest BCUT2D eigenvalue weighted by molar-refractivity contribution is 0.911. The lowest BCUT2D eigenvalue weighted by Gasteiger charge is -2.13. The van der Waals surface area contributed by atoms with Crippen molar-refractivity contribution in [3.05, 3.63) is 182 Å². The van der Waals surface area contributed by atoms with Crippen molar-refractivity contribution in [2.45, 2.75) is 0 Å². The molecule has 0 saturated heterocycles. The fourth-order valence-corrected chi connectivity index (χ4v) is 7.96. The van der Waals surface area contributed by atoms with Crippen LogP contribution in [0.3, 0.4) is 0 Å². The molecule has 0 fully saturated rings. The molecule has 11 aromatic rings. The fraction of sp³-hybridized carbons (Fsp3) is 0. The van der Waals surface area contributed by atoms with Gasteiger partial charge in [-0.25, -0.2) is 19.6 Å². The maximum Gasteiger partial charge on any atom is 0.164 e. The van der Waals surface area contributed by atoms with E-state index >= 15 is 0 Å². The molecule has 6 heteroatoms. The number of hydrogen-bond acceptors (Lipinski definition) is 4. The number of nitrogens with zero attached hydrogens (tertiary/aromatic N) is 6. The van der Waals surface area contributed by atoms with Gasteiger partial charge in [0.25, 0.3) is 0 Å². The van der Waals surface area contributed by atoms with Gasteiger partial charge in [-0.15, -0.1) is 0 Å². The van der Waals surface area contributed by atoms with E-state index in [9.17, 15) is 0 Å². The van der Waals surface area contributed by atoms with Crippen molar-refractivity contribution in [1.29, 1.82) is 0 Å². The van der Waals surface area contributed by atoms with Gasteiger partial charge in [-0.2, -0.15) is 5.10 Å². The Kier molecular flexibility index (Phi) is 6.75. The van der Waals surface area contributed by atoms with Gasteiger partial charge in [-0.3, -0.25) is 0 Å². The lowest BCUT2D eigenvalue weighted by Crippen LogP contribution is -2.01. The Labute approximate surface area is 310 Å². The van der Waals surface area contributed by atoms with Gasteiger partial charge in [0.05, 0.1) is 28.4 Å².